The molecule has 2 heteroatoms. The van der Waals surface area contributed by atoms with E-state index in [1.165, 1.54) is 55.6 Å². The van der Waals surface area contributed by atoms with Gasteiger partial charge in [-0.2, -0.15) is 0 Å². The van der Waals surface area contributed by atoms with E-state index in [0.29, 0.717) is 0 Å². The molecule has 0 amide bonds. The average Bonchev–Trinajstić information content (AvgIpc) is 3.91. The van der Waals surface area contributed by atoms with Gasteiger partial charge in [0.1, 0.15) is 11.2 Å². The maximum absolute atomic E-state index is 6.53. The third-order valence-electron chi connectivity index (χ3n) is 13.0. The summed E-state index contributed by atoms with van der Waals surface area (Å²) in [7, 11) is 0. The van der Waals surface area contributed by atoms with E-state index in [0.717, 1.165) is 50.1 Å². The average molecular weight is 804 g/mol. The van der Waals surface area contributed by atoms with E-state index in [1.54, 1.807) is 0 Å². The van der Waals surface area contributed by atoms with Crippen LogP contribution in [-0.4, -0.2) is 0 Å². The summed E-state index contributed by atoms with van der Waals surface area (Å²) >= 11 is 0. The first kappa shape index (κ1) is 36.6. The van der Waals surface area contributed by atoms with Crippen molar-refractivity contribution in [3.63, 3.8) is 0 Å². The number of nitrogens with zero attached hydrogens (tertiary/aromatic N) is 1. The minimum atomic E-state index is -0.645. The van der Waals surface area contributed by atoms with E-state index < -0.39 is 5.41 Å². The molecule has 11 aromatic rings. The molecule has 1 heterocycles. The fourth-order valence-corrected chi connectivity index (χ4v) is 10.2. The van der Waals surface area contributed by atoms with Gasteiger partial charge in [0.25, 0.3) is 0 Å². The molecule has 0 aliphatic heterocycles. The van der Waals surface area contributed by atoms with Crippen LogP contribution in [0.25, 0.3) is 66.4 Å². The Morgan fingerprint density at radius 3 is 1.49 bits per heavy atom. The second-order valence-corrected chi connectivity index (χ2v) is 16.4. The van der Waals surface area contributed by atoms with Crippen molar-refractivity contribution >= 4 is 39.0 Å². The number of hydrogen-bond donors (Lipinski definition) is 0. The van der Waals surface area contributed by atoms with E-state index in [-0.39, 0.29) is 0 Å². The predicted molar refractivity (Wildman–Crippen MR) is 262 cm³/mol. The molecule has 1 aliphatic rings. The molecule has 0 radical (unpaired) electrons. The number of hydrogen-bond acceptors (Lipinski definition) is 2. The predicted octanol–water partition coefficient (Wildman–Crippen LogP) is 16.4. The van der Waals surface area contributed by atoms with Crippen LogP contribution in [0.15, 0.2) is 253 Å². The molecule has 0 saturated carbocycles. The molecule has 1 aliphatic carbocycles. The van der Waals surface area contributed by atoms with Crippen molar-refractivity contribution < 1.29 is 4.42 Å². The Balaban J connectivity index is 1.14. The molecular weight excluding hydrogens is 763 g/mol. The lowest BCUT2D eigenvalue weighted by molar-refractivity contribution is 0.670. The topological polar surface area (TPSA) is 16.4 Å². The van der Waals surface area contributed by atoms with Crippen molar-refractivity contribution in [3.05, 3.63) is 271 Å². The van der Waals surface area contributed by atoms with Crippen molar-refractivity contribution in [1.82, 2.24) is 0 Å². The van der Waals surface area contributed by atoms with Crippen LogP contribution in [0.2, 0.25) is 0 Å². The molecule has 0 unspecified atom stereocenters. The van der Waals surface area contributed by atoms with Crippen LogP contribution in [-0.2, 0) is 5.41 Å². The zero-order valence-corrected chi connectivity index (χ0v) is 34.5. The molecule has 63 heavy (non-hydrogen) atoms. The van der Waals surface area contributed by atoms with Crippen molar-refractivity contribution in [2.75, 3.05) is 4.90 Å². The number of rotatable bonds is 8. The van der Waals surface area contributed by atoms with Gasteiger partial charge < -0.3 is 9.32 Å². The van der Waals surface area contributed by atoms with Crippen LogP contribution in [0.3, 0.4) is 0 Å². The van der Waals surface area contributed by atoms with Crippen LogP contribution in [0, 0.1) is 0 Å². The van der Waals surface area contributed by atoms with Crippen LogP contribution < -0.4 is 4.90 Å². The largest absolute Gasteiger partial charge is 0.455 e. The van der Waals surface area contributed by atoms with Crippen LogP contribution >= 0.6 is 0 Å². The van der Waals surface area contributed by atoms with Gasteiger partial charge in [0.2, 0.25) is 0 Å². The summed E-state index contributed by atoms with van der Waals surface area (Å²) in [6, 6.07) is 90.3. The highest BCUT2D eigenvalue weighted by Gasteiger charge is 2.49. The molecule has 0 N–H and O–H groups in total. The van der Waals surface area contributed by atoms with Crippen LogP contribution in [0.4, 0.5) is 17.1 Å². The molecule has 1 aromatic heterocycles. The minimum absolute atomic E-state index is 0.645. The lowest BCUT2D eigenvalue weighted by Gasteiger charge is -2.38. The number of anilines is 3. The second-order valence-electron chi connectivity index (χ2n) is 16.4. The van der Waals surface area contributed by atoms with Crippen LogP contribution in [0.5, 0.6) is 0 Å². The van der Waals surface area contributed by atoms with Crippen molar-refractivity contribution in [2.24, 2.45) is 0 Å². The monoisotopic (exact) mass is 803 g/mol. The number of furan rings is 1. The second kappa shape index (κ2) is 15.1. The molecule has 0 fully saturated rings. The molecular formula is C61H41NO. The van der Waals surface area contributed by atoms with Gasteiger partial charge in [-0.05, 0) is 92.0 Å². The van der Waals surface area contributed by atoms with Gasteiger partial charge in [0.15, 0.2) is 0 Å². The van der Waals surface area contributed by atoms with Gasteiger partial charge in [-0.3, -0.25) is 0 Å². The SMILES string of the molecule is c1ccc(-c2ccc(N(c3ccc(-c4cccc5c4oc4ccccc45)cc3)c3ccc(-c4ccccc4)c4c3C(c3ccccc3)(c3ccccc3)c3ccccc3-4)cc2)cc1. The highest BCUT2D eigenvalue weighted by molar-refractivity contribution is 6.09. The Labute approximate surface area is 367 Å². The fraction of sp³-hybridized carbons (Fsp3) is 0.0164. The lowest BCUT2D eigenvalue weighted by Crippen LogP contribution is -2.30. The Bertz CT molecular complexity index is 3370. The first-order valence-corrected chi connectivity index (χ1v) is 21.7. The summed E-state index contributed by atoms with van der Waals surface area (Å²) in [5, 5.41) is 2.25. The van der Waals surface area contributed by atoms with E-state index >= 15 is 0 Å². The van der Waals surface area contributed by atoms with E-state index in [9.17, 15) is 0 Å². The first-order valence-electron chi connectivity index (χ1n) is 21.7. The third kappa shape index (κ3) is 5.87. The van der Waals surface area contributed by atoms with Gasteiger partial charge in [-0.25, -0.2) is 0 Å². The molecule has 296 valence electrons. The van der Waals surface area contributed by atoms with E-state index in [1.807, 2.05) is 12.1 Å². The fourth-order valence-electron chi connectivity index (χ4n) is 10.2. The first-order chi connectivity index (χ1) is 31.3. The highest BCUT2D eigenvalue weighted by atomic mass is 16.3. The van der Waals surface area contributed by atoms with E-state index in [4.69, 9.17) is 4.42 Å². The molecule has 0 bridgehead atoms. The highest BCUT2D eigenvalue weighted by Crippen LogP contribution is 2.62. The Morgan fingerprint density at radius 2 is 0.825 bits per heavy atom. The summed E-state index contributed by atoms with van der Waals surface area (Å²) in [4.78, 5) is 2.47. The summed E-state index contributed by atoms with van der Waals surface area (Å²) in [6.45, 7) is 0. The van der Waals surface area contributed by atoms with Gasteiger partial charge in [0, 0.05) is 33.3 Å². The number of fused-ring (bicyclic) bond motifs is 6. The van der Waals surface area contributed by atoms with Gasteiger partial charge in [-0.1, -0.05) is 212 Å². The Morgan fingerprint density at radius 1 is 0.333 bits per heavy atom. The zero-order chi connectivity index (χ0) is 41.7. The number of para-hydroxylation sites is 2. The minimum Gasteiger partial charge on any atom is -0.455 e. The summed E-state index contributed by atoms with van der Waals surface area (Å²) in [6.07, 6.45) is 0. The van der Waals surface area contributed by atoms with Gasteiger partial charge in [0.05, 0.1) is 11.1 Å². The molecule has 0 atom stereocenters. The van der Waals surface area contributed by atoms with Crippen LogP contribution in [0.1, 0.15) is 22.3 Å². The lowest BCUT2D eigenvalue weighted by atomic mass is 9.67. The quantitative estimate of drug-likeness (QED) is 0.152. The molecule has 12 rings (SSSR count). The van der Waals surface area contributed by atoms with Crippen molar-refractivity contribution in [3.8, 4) is 44.5 Å². The molecule has 10 aromatic carbocycles. The maximum Gasteiger partial charge on any atom is 0.143 e. The Hall–Kier alpha value is -8.20. The normalized spacial score (nSPS) is 12.6. The molecule has 0 saturated heterocycles. The molecule has 2 nitrogen and oxygen atoms in total. The maximum atomic E-state index is 6.53. The standard InChI is InChI=1S/C61H41NO/c1-5-18-42(19-6-1)43-32-36-48(37-33-43)62(49-38-34-45(35-39-49)51-28-17-29-53-52-26-14-16-31-57(52)63-60(51)53)56-41-40-50(44-20-7-2-8-21-44)58-54-27-13-15-30-55(54)61(59(56)58,46-22-9-3-10-23-46)47-24-11-4-12-25-47/h1-41H. The van der Waals surface area contributed by atoms with Gasteiger partial charge in [-0.15, -0.1) is 0 Å². The molecule has 0 spiro atoms. The van der Waals surface area contributed by atoms with Crippen molar-refractivity contribution in [2.45, 2.75) is 5.41 Å². The Kier molecular flexibility index (Phi) is 8.76. The summed E-state index contributed by atoms with van der Waals surface area (Å²) in [5.74, 6) is 0. The third-order valence-corrected chi connectivity index (χ3v) is 13.0. The summed E-state index contributed by atoms with van der Waals surface area (Å²) in [5.41, 5.74) is 18.8. The van der Waals surface area contributed by atoms with E-state index in [2.05, 4.69) is 241 Å². The van der Waals surface area contributed by atoms with Crippen molar-refractivity contribution in [1.29, 1.82) is 0 Å². The zero-order valence-electron chi connectivity index (χ0n) is 34.5. The smallest absolute Gasteiger partial charge is 0.143 e. The summed E-state index contributed by atoms with van der Waals surface area (Å²) < 4.78 is 6.53. The van der Waals surface area contributed by atoms with Gasteiger partial charge >= 0.3 is 0 Å². The number of benzene rings is 10.